The highest BCUT2D eigenvalue weighted by Crippen LogP contribution is 2.35. The Kier molecular flexibility index (Phi) is 3.13. The fourth-order valence-corrected chi connectivity index (χ4v) is 2.04. The van der Waals surface area contributed by atoms with E-state index in [2.05, 4.69) is 6.07 Å². The van der Waals surface area contributed by atoms with Gasteiger partial charge >= 0.3 is 0 Å². The van der Waals surface area contributed by atoms with E-state index in [0.717, 1.165) is 0 Å². The number of aromatic hydroxyl groups is 2. The van der Waals surface area contributed by atoms with Crippen LogP contribution in [0.4, 0.5) is 0 Å². The van der Waals surface area contributed by atoms with Gasteiger partial charge in [-0.15, -0.1) is 0 Å². The molecule has 0 atom stereocenters. The van der Waals surface area contributed by atoms with Gasteiger partial charge in [0.05, 0.1) is 11.6 Å². The van der Waals surface area contributed by atoms with Crippen LogP contribution in [-0.4, -0.2) is 17.0 Å². The van der Waals surface area contributed by atoms with Gasteiger partial charge in [-0.05, 0) is 47.5 Å². The number of benzene rings is 2. The van der Waals surface area contributed by atoms with Gasteiger partial charge in [0.2, 0.25) is 6.79 Å². The van der Waals surface area contributed by atoms with Crippen molar-refractivity contribution in [3.05, 3.63) is 47.5 Å². The first-order valence-corrected chi connectivity index (χ1v) is 6.21. The van der Waals surface area contributed by atoms with Crippen LogP contribution in [0.25, 0.3) is 11.6 Å². The Balaban J connectivity index is 2.00. The lowest BCUT2D eigenvalue weighted by Crippen LogP contribution is -1.92. The van der Waals surface area contributed by atoms with Crippen LogP contribution in [0, 0.1) is 11.3 Å². The summed E-state index contributed by atoms with van der Waals surface area (Å²) in [5, 5.41) is 28.1. The van der Waals surface area contributed by atoms with Crippen LogP contribution in [0.3, 0.4) is 0 Å². The monoisotopic (exact) mass is 281 g/mol. The lowest BCUT2D eigenvalue weighted by Gasteiger charge is -2.03. The van der Waals surface area contributed by atoms with E-state index in [1.54, 1.807) is 30.3 Å². The maximum atomic E-state index is 9.48. The zero-order chi connectivity index (χ0) is 14.8. The molecule has 21 heavy (non-hydrogen) atoms. The molecule has 0 saturated carbocycles. The molecule has 3 rings (SSSR count). The highest BCUT2D eigenvalue weighted by atomic mass is 16.7. The van der Waals surface area contributed by atoms with Gasteiger partial charge in [0.15, 0.2) is 23.0 Å². The summed E-state index contributed by atoms with van der Waals surface area (Å²) in [4.78, 5) is 0. The molecule has 1 aliphatic heterocycles. The molecule has 0 radical (unpaired) electrons. The van der Waals surface area contributed by atoms with Crippen LogP contribution in [0.1, 0.15) is 11.1 Å². The normalized spacial score (nSPS) is 13.0. The van der Waals surface area contributed by atoms with E-state index in [4.69, 9.17) is 9.47 Å². The first-order valence-electron chi connectivity index (χ1n) is 6.21. The van der Waals surface area contributed by atoms with E-state index in [-0.39, 0.29) is 18.3 Å². The van der Waals surface area contributed by atoms with Crippen molar-refractivity contribution in [1.82, 2.24) is 0 Å². The predicted molar refractivity (Wildman–Crippen MR) is 75.8 cm³/mol. The minimum atomic E-state index is -0.230. The van der Waals surface area contributed by atoms with E-state index in [0.29, 0.717) is 28.2 Å². The average molecular weight is 281 g/mol. The molecule has 0 saturated heterocycles. The number of ether oxygens (including phenoxy) is 2. The fraction of sp³-hybridized carbons (Fsp3) is 0.0625. The van der Waals surface area contributed by atoms with Gasteiger partial charge in [-0.1, -0.05) is 6.07 Å². The molecule has 1 heterocycles. The molecule has 2 aromatic rings. The molecule has 0 fully saturated rings. The van der Waals surface area contributed by atoms with Crippen molar-refractivity contribution in [2.24, 2.45) is 0 Å². The highest BCUT2D eigenvalue weighted by molar-refractivity contribution is 5.90. The van der Waals surface area contributed by atoms with Crippen molar-refractivity contribution in [1.29, 1.82) is 5.26 Å². The van der Waals surface area contributed by atoms with Gasteiger partial charge in [-0.3, -0.25) is 0 Å². The first-order chi connectivity index (χ1) is 10.2. The Morgan fingerprint density at radius 3 is 2.62 bits per heavy atom. The smallest absolute Gasteiger partial charge is 0.231 e. The van der Waals surface area contributed by atoms with Crippen LogP contribution in [0.15, 0.2) is 36.4 Å². The molecule has 0 aliphatic carbocycles. The quantitative estimate of drug-likeness (QED) is 0.502. The summed E-state index contributed by atoms with van der Waals surface area (Å²) in [5.41, 5.74) is 1.72. The molecular weight excluding hydrogens is 270 g/mol. The maximum absolute atomic E-state index is 9.48. The summed E-state index contributed by atoms with van der Waals surface area (Å²) in [5.74, 6) is 0.820. The van der Waals surface area contributed by atoms with Crippen LogP contribution >= 0.6 is 0 Å². The number of allylic oxidation sites excluding steroid dienone is 1. The Bertz CT molecular complexity index is 774. The van der Waals surface area contributed by atoms with Crippen LogP contribution < -0.4 is 9.47 Å². The van der Waals surface area contributed by atoms with E-state index in [1.165, 1.54) is 12.1 Å². The molecule has 2 N–H and O–H groups in total. The minimum absolute atomic E-state index is 0.177. The van der Waals surface area contributed by atoms with Crippen molar-refractivity contribution in [3.8, 4) is 29.1 Å². The molecule has 0 amide bonds. The molecule has 1 aliphatic rings. The average Bonchev–Trinajstić information content (AvgIpc) is 2.95. The third kappa shape index (κ3) is 2.47. The summed E-state index contributed by atoms with van der Waals surface area (Å²) in [6.45, 7) is 0.177. The number of nitrogens with zero attached hydrogens (tertiary/aromatic N) is 1. The SMILES string of the molecule is N#C/C(=C/c1ccc(O)c(O)c1)c1ccc2c(c1)OCO2. The number of hydrogen-bond acceptors (Lipinski definition) is 5. The van der Waals surface area contributed by atoms with Crippen molar-refractivity contribution in [2.75, 3.05) is 6.79 Å². The van der Waals surface area contributed by atoms with Crippen molar-refractivity contribution < 1.29 is 19.7 Å². The number of rotatable bonds is 2. The van der Waals surface area contributed by atoms with E-state index in [9.17, 15) is 15.5 Å². The maximum Gasteiger partial charge on any atom is 0.231 e. The second-order valence-electron chi connectivity index (χ2n) is 4.49. The van der Waals surface area contributed by atoms with Crippen LogP contribution in [0.5, 0.6) is 23.0 Å². The Morgan fingerprint density at radius 1 is 1.05 bits per heavy atom. The minimum Gasteiger partial charge on any atom is -0.504 e. The van der Waals surface area contributed by atoms with Crippen molar-refractivity contribution >= 4 is 11.6 Å². The van der Waals surface area contributed by atoms with Gasteiger partial charge in [-0.2, -0.15) is 5.26 Å². The fourth-order valence-electron chi connectivity index (χ4n) is 2.04. The van der Waals surface area contributed by atoms with Crippen molar-refractivity contribution in [2.45, 2.75) is 0 Å². The van der Waals surface area contributed by atoms with Gasteiger partial charge < -0.3 is 19.7 Å². The van der Waals surface area contributed by atoms with Gasteiger partial charge in [0.25, 0.3) is 0 Å². The Hall–Kier alpha value is -3.13. The number of phenolic OH excluding ortho intramolecular Hbond substituents is 2. The van der Waals surface area contributed by atoms with Gasteiger partial charge in [-0.25, -0.2) is 0 Å². The first kappa shape index (κ1) is 12.9. The molecule has 2 aromatic carbocycles. The van der Waals surface area contributed by atoms with Crippen molar-refractivity contribution in [3.63, 3.8) is 0 Å². The molecule has 0 unspecified atom stereocenters. The number of hydrogen-bond donors (Lipinski definition) is 2. The topological polar surface area (TPSA) is 82.7 Å². The summed E-state index contributed by atoms with van der Waals surface area (Å²) >= 11 is 0. The third-order valence-corrected chi connectivity index (χ3v) is 3.11. The summed E-state index contributed by atoms with van der Waals surface area (Å²) in [6.07, 6.45) is 1.62. The molecule has 0 bridgehead atoms. The lowest BCUT2D eigenvalue weighted by molar-refractivity contribution is 0.174. The third-order valence-electron chi connectivity index (χ3n) is 3.11. The molecule has 5 heteroatoms. The lowest BCUT2D eigenvalue weighted by atomic mass is 10.0. The predicted octanol–water partition coefficient (Wildman–Crippen LogP) is 2.89. The summed E-state index contributed by atoms with van der Waals surface area (Å²) in [7, 11) is 0. The molecule has 0 spiro atoms. The second kappa shape index (κ2) is 5.10. The Morgan fingerprint density at radius 2 is 1.86 bits per heavy atom. The zero-order valence-electron chi connectivity index (χ0n) is 10.9. The van der Waals surface area contributed by atoms with E-state index >= 15 is 0 Å². The number of phenols is 2. The molecule has 0 aromatic heterocycles. The largest absolute Gasteiger partial charge is 0.504 e. The van der Waals surface area contributed by atoms with Crippen LogP contribution in [0.2, 0.25) is 0 Å². The second-order valence-corrected chi connectivity index (χ2v) is 4.49. The molecular formula is C16H11NO4. The van der Waals surface area contributed by atoms with Gasteiger partial charge in [0, 0.05) is 0 Å². The van der Waals surface area contributed by atoms with E-state index in [1.807, 2.05) is 0 Å². The van der Waals surface area contributed by atoms with Gasteiger partial charge in [0.1, 0.15) is 0 Å². The number of nitriles is 1. The zero-order valence-corrected chi connectivity index (χ0v) is 10.9. The summed E-state index contributed by atoms with van der Waals surface area (Å²) in [6, 6.07) is 11.7. The highest BCUT2D eigenvalue weighted by Gasteiger charge is 2.14. The Labute approximate surface area is 120 Å². The number of fused-ring (bicyclic) bond motifs is 1. The van der Waals surface area contributed by atoms with Crippen LogP contribution in [-0.2, 0) is 0 Å². The standard InChI is InChI=1S/C16H11NO4/c17-8-12(5-10-1-3-13(18)14(19)6-10)11-2-4-15-16(7-11)21-9-20-15/h1-7,18-19H,9H2/b12-5-. The molecule has 5 nitrogen and oxygen atoms in total. The molecule has 104 valence electrons. The van der Waals surface area contributed by atoms with E-state index < -0.39 is 0 Å². The summed E-state index contributed by atoms with van der Waals surface area (Å²) < 4.78 is 10.5.